The van der Waals surface area contributed by atoms with E-state index in [0.29, 0.717) is 11.6 Å². The summed E-state index contributed by atoms with van der Waals surface area (Å²) in [6.07, 6.45) is 7.59. The average molecular weight is 326 g/mol. The highest BCUT2D eigenvalue weighted by Crippen LogP contribution is 2.21. The summed E-state index contributed by atoms with van der Waals surface area (Å²) in [5.41, 5.74) is 1.38. The van der Waals surface area contributed by atoms with E-state index in [1.807, 2.05) is 36.0 Å². The molecule has 1 aliphatic rings. The van der Waals surface area contributed by atoms with E-state index in [2.05, 4.69) is 20.2 Å². The second-order valence-corrected chi connectivity index (χ2v) is 6.33. The molecule has 3 heterocycles. The fraction of sp³-hybridized carbons (Fsp3) is 0.471. The van der Waals surface area contributed by atoms with Gasteiger partial charge >= 0.3 is 0 Å². The molecule has 1 fully saturated rings. The highest BCUT2D eigenvalue weighted by molar-refractivity contribution is 5.92. The normalized spacial score (nSPS) is 17.6. The number of nitrogens with zero attached hydrogens (tertiary/aromatic N) is 6. The summed E-state index contributed by atoms with van der Waals surface area (Å²) in [6, 6.07) is 4.00. The van der Waals surface area contributed by atoms with Gasteiger partial charge in [-0.3, -0.25) is 9.78 Å². The molecule has 7 heteroatoms. The fourth-order valence-corrected chi connectivity index (χ4v) is 2.98. The van der Waals surface area contributed by atoms with Crippen molar-refractivity contribution in [2.75, 3.05) is 32.1 Å². The number of rotatable bonds is 4. The average Bonchev–Trinajstić information content (AvgIpc) is 2.62. The van der Waals surface area contributed by atoms with E-state index < -0.39 is 0 Å². The maximum absolute atomic E-state index is 12.5. The van der Waals surface area contributed by atoms with Gasteiger partial charge in [0.2, 0.25) is 0 Å². The number of piperidine rings is 1. The first-order valence-electron chi connectivity index (χ1n) is 8.18. The molecular weight excluding hydrogens is 304 g/mol. The molecule has 0 saturated carbocycles. The third kappa shape index (κ3) is 3.84. The standard InChI is InChI=1S/C17H22N6O/c1-22(2)16-6-5-14(20-21-16)10-13-4-3-9-23(12-13)17(24)15-11-18-7-8-19-15/h5-8,11,13H,3-4,9-10,12H2,1-2H3/t13-/m0/s1. The van der Waals surface area contributed by atoms with Gasteiger partial charge in [0.25, 0.3) is 5.91 Å². The Labute approximate surface area is 141 Å². The topological polar surface area (TPSA) is 75.1 Å². The Morgan fingerprint density at radius 1 is 1.29 bits per heavy atom. The van der Waals surface area contributed by atoms with Crippen LogP contribution in [0.15, 0.2) is 30.7 Å². The van der Waals surface area contributed by atoms with E-state index in [1.54, 1.807) is 12.4 Å². The van der Waals surface area contributed by atoms with Crippen molar-refractivity contribution in [3.8, 4) is 0 Å². The van der Waals surface area contributed by atoms with Crippen molar-refractivity contribution in [3.63, 3.8) is 0 Å². The van der Waals surface area contributed by atoms with Gasteiger partial charge in [-0.1, -0.05) is 0 Å². The van der Waals surface area contributed by atoms with Crippen molar-refractivity contribution in [1.82, 2.24) is 25.1 Å². The maximum Gasteiger partial charge on any atom is 0.274 e. The van der Waals surface area contributed by atoms with Gasteiger partial charge in [0.05, 0.1) is 11.9 Å². The summed E-state index contributed by atoms with van der Waals surface area (Å²) >= 11 is 0. The number of likely N-dealkylation sites (tertiary alicyclic amines) is 1. The van der Waals surface area contributed by atoms with Crippen LogP contribution in [0.2, 0.25) is 0 Å². The highest BCUT2D eigenvalue weighted by atomic mass is 16.2. The number of anilines is 1. The molecule has 24 heavy (non-hydrogen) atoms. The van der Waals surface area contributed by atoms with E-state index in [1.165, 1.54) is 6.20 Å². The first-order valence-corrected chi connectivity index (χ1v) is 8.18. The Bertz CT molecular complexity index is 673. The number of carbonyl (C=O) groups excluding carboxylic acids is 1. The lowest BCUT2D eigenvalue weighted by molar-refractivity contribution is 0.0666. The predicted molar refractivity (Wildman–Crippen MR) is 90.7 cm³/mol. The Balaban J connectivity index is 1.62. The van der Waals surface area contributed by atoms with Crippen LogP contribution in [0, 0.1) is 5.92 Å². The van der Waals surface area contributed by atoms with Crippen molar-refractivity contribution < 1.29 is 4.79 Å². The van der Waals surface area contributed by atoms with Crippen LogP contribution in [-0.4, -0.2) is 58.2 Å². The summed E-state index contributed by atoms with van der Waals surface area (Å²) < 4.78 is 0. The lowest BCUT2D eigenvalue weighted by Crippen LogP contribution is -2.41. The summed E-state index contributed by atoms with van der Waals surface area (Å²) in [4.78, 5) is 24.4. The van der Waals surface area contributed by atoms with E-state index in [0.717, 1.165) is 43.9 Å². The molecule has 0 aromatic carbocycles. The smallest absolute Gasteiger partial charge is 0.274 e. The lowest BCUT2D eigenvalue weighted by atomic mass is 9.93. The fourth-order valence-electron chi connectivity index (χ4n) is 2.98. The summed E-state index contributed by atoms with van der Waals surface area (Å²) in [5.74, 6) is 1.21. The van der Waals surface area contributed by atoms with Gasteiger partial charge in [0, 0.05) is 39.6 Å². The van der Waals surface area contributed by atoms with Crippen LogP contribution in [0.1, 0.15) is 29.0 Å². The SMILES string of the molecule is CN(C)c1ccc(C[C@@H]2CCCN(C(=O)c3cnccn3)C2)nn1. The van der Waals surface area contributed by atoms with Gasteiger partial charge in [-0.2, -0.15) is 5.10 Å². The third-order valence-corrected chi connectivity index (χ3v) is 4.25. The van der Waals surface area contributed by atoms with Crippen LogP contribution in [0.25, 0.3) is 0 Å². The summed E-state index contributed by atoms with van der Waals surface area (Å²) in [7, 11) is 3.89. The molecule has 1 aliphatic heterocycles. The van der Waals surface area contributed by atoms with Crippen LogP contribution in [-0.2, 0) is 6.42 Å². The quantitative estimate of drug-likeness (QED) is 0.846. The predicted octanol–water partition coefficient (Wildman–Crippen LogP) is 1.43. The molecule has 7 nitrogen and oxygen atoms in total. The molecular formula is C17H22N6O. The van der Waals surface area contributed by atoms with Gasteiger partial charge in [-0.15, -0.1) is 5.10 Å². The maximum atomic E-state index is 12.5. The molecule has 1 saturated heterocycles. The van der Waals surface area contributed by atoms with Crippen LogP contribution < -0.4 is 4.90 Å². The molecule has 0 N–H and O–H groups in total. The van der Waals surface area contributed by atoms with Crippen molar-refractivity contribution in [1.29, 1.82) is 0 Å². The second kappa shape index (κ2) is 7.33. The largest absolute Gasteiger partial charge is 0.361 e. The van der Waals surface area contributed by atoms with E-state index >= 15 is 0 Å². The molecule has 0 bridgehead atoms. The monoisotopic (exact) mass is 326 g/mol. The summed E-state index contributed by atoms with van der Waals surface area (Å²) in [6.45, 7) is 1.50. The van der Waals surface area contributed by atoms with Crippen molar-refractivity contribution >= 4 is 11.7 Å². The van der Waals surface area contributed by atoms with Crippen LogP contribution in [0.5, 0.6) is 0 Å². The number of hydrogen-bond acceptors (Lipinski definition) is 6. The molecule has 0 radical (unpaired) electrons. The molecule has 126 valence electrons. The number of aromatic nitrogens is 4. The first-order chi connectivity index (χ1) is 11.6. The zero-order valence-electron chi connectivity index (χ0n) is 14.1. The number of hydrogen-bond donors (Lipinski definition) is 0. The first kappa shape index (κ1) is 16.3. The Morgan fingerprint density at radius 2 is 2.17 bits per heavy atom. The molecule has 2 aromatic heterocycles. The van der Waals surface area contributed by atoms with E-state index in [-0.39, 0.29) is 5.91 Å². The lowest BCUT2D eigenvalue weighted by Gasteiger charge is -2.32. The summed E-state index contributed by atoms with van der Waals surface area (Å²) in [5, 5.41) is 8.53. The zero-order valence-corrected chi connectivity index (χ0v) is 14.1. The second-order valence-electron chi connectivity index (χ2n) is 6.33. The van der Waals surface area contributed by atoms with Gasteiger partial charge in [-0.05, 0) is 37.3 Å². The Kier molecular flexibility index (Phi) is 4.98. The molecule has 1 amide bonds. The molecule has 0 unspecified atom stereocenters. The van der Waals surface area contributed by atoms with Crippen LogP contribution in [0.3, 0.4) is 0 Å². The molecule has 2 aromatic rings. The minimum atomic E-state index is -0.0400. The molecule has 0 spiro atoms. The number of amides is 1. The minimum Gasteiger partial charge on any atom is -0.361 e. The van der Waals surface area contributed by atoms with E-state index in [4.69, 9.17) is 0 Å². The minimum absolute atomic E-state index is 0.0400. The van der Waals surface area contributed by atoms with Crippen LogP contribution >= 0.6 is 0 Å². The Hall–Kier alpha value is -2.57. The van der Waals surface area contributed by atoms with Gasteiger partial charge in [0.15, 0.2) is 5.82 Å². The Morgan fingerprint density at radius 3 is 2.83 bits per heavy atom. The molecule has 0 aliphatic carbocycles. The van der Waals surface area contributed by atoms with Gasteiger partial charge in [0.1, 0.15) is 5.69 Å². The van der Waals surface area contributed by atoms with Gasteiger partial charge in [-0.25, -0.2) is 4.98 Å². The van der Waals surface area contributed by atoms with Crippen molar-refractivity contribution in [2.24, 2.45) is 5.92 Å². The third-order valence-electron chi connectivity index (χ3n) is 4.25. The van der Waals surface area contributed by atoms with Crippen molar-refractivity contribution in [3.05, 3.63) is 42.1 Å². The van der Waals surface area contributed by atoms with Gasteiger partial charge < -0.3 is 9.80 Å². The number of carbonyl (C=O) groups is 1. The van der Waals surface area contributed by atoms with Crippen molar-refractivity contribution in [2.45, 2.75) is 19.3 Å². The van der Waals surface area contributed by atoms with Crippen LogP contribution in [0.4, 0.5) is 5.82 Å². The molecule has 3 rings (SSSR count). The molecule has 1 atom stereocenters. The zero-order chi connectivity index (χ0) is 16.9. The van der Waals surface area contributed by atoms with E-state index in [9.17, 15) is 4.79 Å². The highest BCUT2D eigenvalue weighted by Gasteiger charge is 2.25.